The minimum Gasteiger partial charge on any atom is -0.497 e. The summed E-state index contributed by atoms with van der Waals surface area (Å²) in [6, 6.07) is 12.2. The Hall–Kier alpha value is -2.82. The Kier molecular flexibility index (Phi) is 7.37. The predicted octanol–water partition coefficient (Wildman–Crippen LogP) is 2.10. The zero-order valence-corrected chi connectivity index (χ0v) is 18.6. The minimum atomic E-state index is -3.78. The molecule has 0 atom stereocenters. The van der Waals surface area contributed by atoms with E-state index in [9.17, 15) is 13.2 Å². The van der Waals surface area contributed by atoms with Crippen molar-refractivity contribution < 1.29 is 27.4 Å². The van der Waals surface area contributed by atoms with E-state index in [1.165, 1.54) is 22.8 Å². The van der Waals surface area contributed by atoms with Crippen molar-refractivity contribution in [3.63, 3.8) is 0 Å². The smallest absolute Gasteiger partial charge is 0.282 e. The number of anilines is 1. The number of methoxy groups -OCH3 is 3. The Morgan fingerprint density at radius 3 is 2.23 bits per heavy atom. The highest BCUT2D eigenvalue weighted by atomic mass is 32.2. The van der Waals surface area contributed by atoms with E-state index in [0.29, 0.717) is 35.9 Å². The quantitative estimate of drug-likeness (QED) is 0.663. The van der Waals surface area contributed by atoms with Crippen LogP contribution in [0.15, 0.2) is 42.5 Å². The molecule has 0 aromatic heterocycles. The van der Waals surface area contributed by atoms with Crippen molar-refractivity contribution >= 4 is 21.8 Å². The highest BCUT2D eigenvalue weighted by Gasteiger charge is 2.34. The number of carbonyl (C=O) groups is 1. The zero-order chi connectivity index (χ0) is 22.4. The maximum absolute atomic E-state index is 13.1. The first-order chi connectivity index (χ1) is 14.8. The summed E-state index contributed by atoms with van der Waals surface area (Å²) in [5.41, 5.74) is 1.28. The van der Waals surface area contributed by atoms with Crippen LogP contribution < -0.4 is 19.5 Å². The van der Waals surface area contributed by atoms with Crippen LogP contribution in [-0.4, -0.2) is 63.9 Å². The van der Waals surface area contributed by atoms with Gasteiger partial charge >= 0.3 is 0 Å². The minimum absolute atomic E-state index is 0.213. The van der Waals surface area contributed by atoms with E-state index in [4.69, 9.17) is 14.2 Å². The number of amides is 1. The van der Waals surface area contributed by atoms with Gasteiger partial charge in [0.05, 0.1) is 27.9 Å². The monoisotopic (exact) mass is 449 g/mol. The molecule has 0 spiro atoms. The van der Waals surface area contributed by atoms with Crippen LogP contribution in [0.2, 0.25) is 0 Å². The van der Waals surface area contributed by atoms with Crippen molar-refractivity contribution in [2.24, 2.45) is 0 Å². The Bertz CT molecular complexity index is 1010. The van der Waals surface area contributed by atoms with E-state index in [1.807, 2.05) is 12.1 Å². The molecule has 0 bridgehead atoms. The normalized spacial score (nSPS) is 16.5. The van der Waals surface area contributed by atoms with Gasteiger partial charge in [-0.2, -0.15) is 17.0 Å². The second-order valence-electron chi connectivity index (χ2n) is 7.03. The zero-order valence-electron chi connectivity index (χ0n) is 17.8. The Balaban J connectivity index is 1.69. The number of ether oxygens (including phenoxy) is 3. The number of rotatable bonds is 8. The third kappa shape index (κ3) is 5.66. The van der Waals surface area contributed by atoms with Crippen LogP contribution in [0, 0.1) is 0 Å². The van der Waals surface area contributed by atoms with Crippen LogP contribution in [0.4, 0.5) is 5.69 Å². The first-order valence-electron chi connectivity index (χ1n) is 9.77. The standard InChI is InChI=1S/C21H27N3O6S/c1-28-18-7-4-6-16(10-18)14-23-8-5-9-24(31(23,26)27)15-21(25)22-17-11-19(29-2)13-20(12-17)30-3/h4,6-7,10-13H,5,8-9,14-15H2,1-3H3,(H,22,25). The molecule has 0 radical (unpaired) electrons. The van der Waals surface area contributed by atoms with E-state index in [-0.39, 0.29) is 19.6 Å². The average Bonchev–Trinajstić information content (AvgIpc) is 2.76. The van der Waals surface area contributed by atoms with Crippen LogP contribution in [0.1, 0.15) is 12.0 Å². The van der Waals surface area contributed by atoms with Gasteiger partial charge < -0.3 is 19.5 Å². The number of benzene rings is 2. The molecule has 0 aliphatic carbocycles. The summed E-state index contributed by atoms with van der Waals surface area (Å²) < 4.78 is 44.3. The van der Waals surface area contributed by atoms with Crippen molar-refractivity contribution in [2.45, 2.75) is 13.0 Å². The first kappa shape index (κ1) is 22.9. The Labute approximate surface area is 182 Å². The summed E-state index contributed by atoms with van der Waals surface area (Å²) in [5, 5.41) is 2.72. The Morgan fingerprint density at radius 2 is 1.58 bits per heavy atom. The summed E-state index contributed by atoms with van der Waals surface area (Å²) >= 11 is 0. The van der Waals surface area contributed by atoms with Crippen LogP contribution >= 0.6 is 0 Å². The predicted molar refractivity (Wildman–Crippen MR) is 117 cm³/mol. The van der Waals surface area contributed by atoms with Gasteiger partial charge in [-0.3, -0.25) is 4.79 Å². The molecule has 0 unspecified atom stereocenters. The molecule has 1 saturated heterocycles. The lowest BCUT2D eigenvalue weighted by atomic mass is 10.2. The van der Waals surface area contributed by atoms with Gasteiger partial charge in [-0.15, -0.1) is 0 Å². The summed E-state index contributed by atoms with van der Waals surface area (Å²) in [7, 11) is 0.808. The molecule has 2 aromatic rings. The van der Waals surface area contributed by atoms with Crippen LogP contribution in [0.25, 0.3) is 0 Å². The van der Waals surface area contributed by atoms with E-state index in [0.717, 1.165) is 5.56 Å². The lowest BCUT2D eigenvalue weighted by molar-refractivity contribution is -0.116. The molecule has 0 saturated carbocycles. The van der Waals surface area contributed by atoms with Crippen molar-refractivity contribution in [1.82, 2.24) is 8.61 Å². The largest absolute Gasteiger partial charge is 0.497 e. The number of hydrogen-bond donors (Lipinski definition) is 1. The van der Waals surface area contributed by atoms with Gasteiger partial charge in [0, 0.05) is 43.5 Å². The van der Waals surface area contributed by atoms with E-state index < -0.39 is 16.1 Å². The molecule has 9 nitrogen and oxygen atoms in total. The molecule has 1 N–H and O–H groups in total. The van der Waals surface area contributed by atoms with E-state index in [2.05, 4.69) is 5.32 Å². The number of nitrogens with one attached hydrogen (secondary N) is 1. The second kappa shape index (κ2) is 9.99. The van der Waals surface area contributed by atoms with Crippen molar-refractivity contribution in [2.75, 3.05) is 46.3 Å². The number of nitrogens with zero attached hydrogens (tertiary/aromatic N) is 2. The van der Waals surface area contributed by atoms with E-state index >= 15 is 0 Å². The average molecular weight is 450 g/mol. The third-order valence-electron chi connectivity index (χ3n) is 4.92. The van der Waals surface area contributed by atoms with Crippen LogP contribution in [0.5, 0.6) is 17.2 Å². The topological polar surface area (TPSA) is 97.4 Å². The molecule has 31 heavy (non-hydrogen) atoms. The molecule has 1 heterocycles. The summed E-state index contributed by atoms with van der Waals surface area (Å²) in [4.78, 5) is 12.6. The molecule has 2 aromatic carbocycles. The molecule has 1 amide bonds. The lowest BCUT2D eigenvalue weighted by Gasteiger charge is -2.34. The first-order valence-corrected chi connectivity index (χ1v) is 11.2. The van der Waals surface area contributed by atoms with Gasteiger partial charge in [0.25, 0.3) is 10.2 Å². The van der Waals surface area contributed by atoms with Gasteiger partial charge in [0.15, 0.2) is 0 Å². The van der Waals surface area contributed by atoms with Crippen molar-refractivity contribution in [1.29, 1.82) is 0 Å². The Morgan fingerprint density at radius 1 is 0.935 bits per heavy atom. The fourth-order valence-corrected chi connectivity index (χ4v) is 4.99. The molecular formula is C21H27N3O6S. The number of hydrogen-bond acceptors (Lipinski definition) is 6. The molecule has 1 aliphatic rings. The molecule has 10 heteroatoms. The molecule has 168 valence electrons. The maximum Gasteiger partial charge on any atom is 0.282 e. The molecule has 1 fully saturated rings. The van der Waals surface area contributed by atoms with Crippen molar-refractivity contribution in [3.05, 3.63) is 48.0 Å². The molecule has 3 rings (SSSR count). The summed E-state index contributed by atoms with van der Waals surface area (Å²) in [5.74, 6) is 1.26. The van der Waals surface area contributed by atoms with Gasteiger partial charge in [-0.05, 0) is 24.1 Å². The summed E-state index contributed by atoms with van der Waals surface area (Å²) in [6.07, 6.45) is 0.628. The summed E-state index contributed by atoms with van der Waals surface area (Å²) in [6.45, 7) is 0.609. The van der Waals surface area contributed by atoms with Gasteiger partial charge in [-0.25, -0.2) is 0 Å². The fraction of sp³-hybridized carbons (Fsp3) is 0.381. The van der Waals surface area contributed by atoms with Crippen LogP contribution in [-0.2, 0) is 21.5 Å². The van der Waals surface area contributed by atoms with Gasteiger partial charge in [0.2, 0.25) is 5.91 Å². The van der Waals surface area contributed by atoms with Gasteiger partial charge in [0.1, 0.15) is 17.2 Å². The highest BCUT2D eigenvalue weighted by Crippen LogP contribution is 2.26. The third-order valence-corrected chi connectivity index (χ3v) is 6.84. The highest BCUT2D eigenvalue weighted by molar-refractivity contribution is 7.86. The van der Waals surface area contributed by atoms with Crippen LogP contribution in [0.3, 0.4) is 0 Å². The van der Waals surface area contributed by atoms with E-state index in [1.54, 1.807) is 37.4 Å². The van der Waals surface area contributed by atoms with Gasteiger partial charge in [-0.1, -0.05) is 12.1 Å². The maximum atomic E-state index is 13.1. The number of carbonyl (C=O) groups excluding carboxylic acids is 1. The molecular weight excluding hydrogens is 422 g/mol. The molecule has 1 aliphatic heterocycles. The fourth-order valence-electron chi connectivity index (χ4n) is 3.35. The second-order valence-corrected chi connectivity index (χ2v) is 8.96. The van der Waals surface area contributed by atoms with Crippen molar-refractivity contribution in [3.8, 4) is 17.2 Å². The SMILES string of the molecule is COc1cccc(CN2CCCN(CC(=O)Nc3cc(OC)cc(OC)c3)S2(=O)=O)c1. The lowest BCUT2D eigenvalue weighted by Crippen LogP contribution is -2.51.